The highest BCUT2D eigenvalue weighted by Gasteiger charge is 2.19. The average Bonchev–Trinajstić information content (AvgIpc) is 3.28. The van der Waals surface area contributed by atoms with Gasteiger partial charge in [0.15, 0.2) is 0 Å². The molecule has 1 N–H and O–H groups in total. The lowest BCUT2D eigenvalue weighted by Gasteiger charge is -2.28. The van der Waals surface area contributed by atoms with E-state index in [1.54, 1.807) is 4.68 Å². The summed E-state index contributed by atoms with van der Waals surface area (Å²) in [6.07, 6.45) is 9.24. The van der Waals surface area contributed by atoms with Crippen molar-refractivity contribution in [2.24, 2.45) is 7.05 Å². The highest BCUT2D eigenvalue weighted by Crippen LogP contribution is 2.33. The van der Waals surface area contributed by atoms with Gasteiger partial charge in [-0.1, -0.05) is 31.5 Å². The number of nitrogens with zero attached hydrogens (tertiary/aromatic N) is 3. The van der Waals surface area contributed by atoms with Crippen LogP contribution in [-0.2, 0) is 23.1 Å². The fourth-order valence-electron chi connectivity index (χ4n) is 4.40. The van der Waals surface area contributed by atoms with Crippen molar-refractivity contribution in [1.29, 1.82) is 0 Å². The lowest BCUT2D eigenvalue weighted by molar-refractivity contribution is -0.132. The third-order valence-corrected chi connectivity index (χ3v) is 6.30. The number of hydrogen-bond donors (Lipinski definition) is 1. The van der Waals surface area contributed by atoms with E-state index in [2.05, 4.69) is 35.1 Å². The number of carboxylic acids is 1. The molecule has 0 amide bonds. The fraction of sp³-hybridized carbons (Fsp3) is 0.379. The van der Waals surface area contributed by atoms with Gasteiger partial charge >= 0.3 is 5.97 Å². The maximum atomic E-state index is 11.8. The molecule has 7 nitrogen and oxygen atoms in total. The quantitative estimate of drug-likeness (QED) is 0.356. The minimum Gasteiger partial charge on any atom is -0.491 e. The Morgan fingerprint density at radius 1 is 1.08 bits per heavy atom. The zero-order valence-corrected chi connectivity index (χ0v) is 21.2. The molecule has 0 spiro atoms. The molecule has 2 aromatic carbocycles. The van der Waals surface area contributed by atoms with Crippen LogP contribution in [0.3, 0.4) is 0 Å². The van der Waals surface area contributed by atoms with Crippen molar-refractivity contribution in [1.82, 2.24) is 9.78 Å². The van der Waals surface area contributed by atoms with Gasteiger partial charge in [0.1, 0.15) is 12.4 Å². The smallest absolute Gasteiger partial charge is 0.331 e. The molecule has 36 heavy (non-hydrogen) atoms. The van der Waals surface area contributed by atoms with Gasteiger partial charge in [-0.2, -0.15) is 5.10 Å². The number of aliphatic carboxylic acids is 1. The number of fused-ring (bicyclic) bond motifs is 1. The molecule has 1 aliphatic heterocycles. The molecule has 1 aromatic heterocycles. The molecule has 0 aliphatic carbocycles. The lowest BCUT2D eigenvalue weighted by Crippen LogP contribution is -2.26. The molecular formula is C29H35N3O4. The number of ether oxygens (including phenoxy) is 2. The maximum Gasteiger partial charge on any atom is 0.331 e. The van der Waals surface area contributed by atoms with Crippen LogP contribution in [0.25, 0.3) is 17.2 Å². The normalized spacial score (nSPS) is 14.9. The summed E-state index contributed by atoms with van der Waals surface area (Å²) in [5.74, 6) is -0.0490. The summed E-state index contributed by atoms with van der Waals surface area (Å²) in [6, 6.07) is 14.3. The molecule has 0 bridgehead atoms. The molecule has 2 heterocycles. The molecule has 0 fully saturated rings. The molecule has 3 aromatic rings. The third kappa shape index (κ3) is 6.76. The van der Waals surface area contributed by atoms with E-state index >= 15 is 0 Å². The van der Waals surface area contributed by atoms with E-state index < -0.39 is 5.97 Å². The lowest BCUT2D eigenvalue weighted by atomic mass is 9.96. The zero-order chi connectivity index (χ0) is 25.3. The van der Waals surface area contributed by atoms with Crippen molar-refractivity contribution in [3.05, 3.63) is 71.6 Å². The Balaban J connectivity index is 1.53. The summed E-state index contributed by atoms with van der Waals surface area (Å²) in [4.78, 5) is 14.2. The summed E-state index contributed by atoms with van der Waals surface area (Å²) in [5.41, 5.74) is 5.60. The number of aromatic nitrogens is 2. The minimum atomic E-state index is -0.854. The topological polar surface area (TPSA) is 76.8 Å². The summed E-state index contributed by atoms with van der Waals surface area (Å²) in [5, 5.41) is 14.0. The van der Waals surface area contributed by atoms with Crippen molar-refractivity contribution in [3.63, 3.8) is 0 Å². The van der Waals surface area contributed by atoms with Crippen LogP contribution in [0.4, 0.5) is 5.69 Å². The van der Waals surface area contributed by atoms with Crippen LogP contribution in [0.15, 0.2) is 60.4 Å². The van der Waals surface area contributed by atoms with Crippen molar-refractivity contribution in [2.75, 3.05) is 31.3 Å². The van der Waals surface area contributed by atoms with Crippen LogP contribution >= 0.6 is 0 Å². The Morgan fingerprint density at radius 2 is 1.89 bits per heavy atom. The molecule has 7 heteroatoms. The van der Waals surface area contributed by atoms with E-state index in [0.29, 0.717) is 25.2 Å². The first-order valence-corrected chi connectivity index (χ1v) is 12.6. The first kappa shape index (κ1) is 25.5. The van der Waals surface area contributed by atoms with Crippen LogP contribution in [0.1, 0.15) is 43.7 Å². The summed E-state index contributed by atoms with van der Waals surface area (Å²) < 4.78 is 13.2. The summed E-state index contributed by atoms with van der Waals surface area (Å²) >= 11 is 0. The fourth-order valence-corrected chi connectivity index (χ4v) is 4.40. The van der Waals surface area contributed by atoms with E-state index in [0.717, 1.165) is 72.6 Å². The SMILES string of the molecule is CCCCOCCOc1ccc(-c2ccc3c(c2)/C=C(/C(=O)O)CCCN3Cc2cnn(C)c2)cc1. The van der Waals surface area contributed by atoms with Crippen molar-refractivity contribution in [3.8, 4) is 16.9 Å². The van der Waals surface area contributed by atoms with Crippen LogP contribution in [0.5, 0.6) is 5.75 Å². The van der Waals surface area contributed by atoms with Gasteiger partial charge in [0.25, 0.3) is 0 Å². The number of aryl methyl sites for hydroxylation is 1. The molecule has 0 unspecified atom stereocenters. The van der Waals surface area contributed by atoms with Crippen molar-refractivity contribution >= 4 is 17.7 Å². The van der Waals surface area contributed by atoms with Crippen LogP contribution in [0, 0.1) is 0 Å². The second-order valence-corrected chi connectivity index (χ2v) is 9.13. The largest absolute Gasteiger partial charge is 0.491 e. The highest BCUT2D eigenvalue weighted by atomic mass is 16.5. The van der Waals surface area contributed by atoms with Crippen LogP contribution < -0.4 is 9.64 Å². The molecule has 0 atom stereocenters. The minimum absolute atomic E-state index is 0.444. The molecular weight excluding hydrogens is 454 g/mol. The standard InChI is InChI=1S/C29H35N3O4/c1-3-4-14-35-15-16-36-27-10-7-23(8-11-27)24-9-12-28-26(17-24)18-25(29(33)34)6-5-13-32(28)21-22-19-30-31(2)20-22/h7-12,17-20H,3-6,13-16,21H2,1-2H3,(H,33,34)/b25-18+. The first-order chi connectivity index (χ1) is 17.5. The molecule has 1 aliphatic rings. The van der Waals surface area contributed by atoms with Crippen LogP contribution in [-0.4, -0.2) is 47.2 Å². The highest BCUT2D eigenvalue weighted by molar-refractivity contribution is 5.94. The Morgan fingerprint density at radius 3 is 2.61 bits per heavy atom. The second-order valence-electron chi connectivity index (χ2n) is 9.13. The monoisotopic (exact) mass is 489 g/mol. The van der Waals surface area contributed by atoms with E-state index in [1.165, 1.54) is 0 Å². The van der Waals surface area contributed by atoms with Gasteiger partial charge in [-0.15, -0.1) is 0 Å². The second kappa shape index (κ2) is 12.4. The van der Waals surface area contributed by atoms with Gasteiger partial charge in [0.05, 0.1) is 12.8 Å². The molecule has 4 rings (SSSR count). The Kier molecular flexibility index (Phi) is 8.79. The van der Waals surface area contributed by atoms with Gasteiger partial charge < -0.3 is 19.5 Å². The third-order valence-electron chi connectivity index (χ3n) is 6.30. The van der Waals surface area contributed by atoms with E-state index in [9.17, 15) is 9.90 Å². The Bertz CT molecular complexity index is 1180. The predicted octanol–water partition coefficient (Wildman–Crippen LogP) is 5.55. The molecule has 0 saturated heterocycles. The predicted molar refractivity (Wildman–Crippen MR) is 142 cm³/mol. The van der Waals surface area contributed by atoms with Gasteiger partial charge in [-0.25, -0.2) is 4.79 Å². The first-order valence-electron chi connectivity index (χ1n) is 12.6. The number of carboxylic acid groups (broad SMARTS) is 1. The van der Waals surface area contributed by atoms with Crippen molar-refractivity contribution in [2.45, 2.75) is 39.2 Å². The van der Waals surface area contributed by atoms with Gasteiger partial charge in [0, 0.05) is 49.8 Å². The zero-order valence-electron chi connectivity index (χ0n) is 21.2. The average molecular weight is 490 g/mol. The number of hydrogen-bond acceptors (Lipinski definition) is 5. The van der Waals surface area contributed by atoms with Crippen LogP contribution in [0.2, 0.25) is 0 Å². The van der Waals surface area contributed by atoms with Gasteiger partial charge in [-0.3, -0.25) is 4.68 Å². The van der Waals surface area contributed by atoms with Crippen molar-refractivity contribution < 1.29 is 19.4 Å². The van der Waals surface area contributed by atoms with E-state index in [-0.39, 0.29) is 0 Å². The number of carbonyl (C=O) groups is 1. The Labute approximate surface area is 213 Å². The molecule has 0 radical (unpaired) electrons. The summed E-state index contributed by atoms with van der Waals surface area (Å²) in [6.45, 7) is 5.53. The number of rotatable bonds is 11. The van der Waals surface area contributed by atoms with E-state index in [4.69, 9.17) is 9.47 Å². The molecule has 0 saturated carbocycles. The Hall–Kier alpha value is -3.58. The number of unbranched alkanes of at least 4 members (excludes halogenated alkanes) is 1. The number of anilines is 1. The van der Waals surface area contributed by atoms with E-state index in [1.807, 2.05) is 49.8 Å². The summed E-state index contributed by atoms with van der Waals surface area (Å²) in [7, 11) is 1.91. The number of benzene rings is 2. The molecule has 190 valence electrons. The van der Waals surface area contributed by atoms with Gasteiger partial charge in [-0.05, 0) is 66.3 Å². The maximum absolute atomic E-state index is 11.8. The van der Waals surface area contributed by atoms with Gasteiger partial charge in [0.2, 0.25) is 0 Å².